The first-order valence-corrected chi connectivity index (χ1v) is 11.4. The van der Waals surface area contributed by atoms with Crippen LogP contribution in [0.15, 0.2) is 36.0 Å². The Balaban J connectivity index is 1.24. The predicted molar refractivity (Wildman–Crippen MR) is 113 cm³/mol. The first-order valence-electron chi connectivity index (χ1n) is 10.5. The molecular weight excluding hydrogens is 420 g/mol. The third-order valence-corrected chi connectivity index (χ3v) is 7.82. The van der Waals surface area contributed by atoms with E-state index in [2.05, 4.69) is 19.9 Å². The summed E-state index contributed by atoms with van der Waals surface area (Å²) in [5, 5.41) is 5.87. The molecule has 1 amide bonds. The fraction of sp³-hybridized carbons (Fsp3) is 0.409. The third kappa shape index (κ3) is 2.94. The largest absolute Gasteiger partial charge is 0.355 e. The van der Waals surface area contributed by atoms with Gasteiger partial charge >= 0.3 is 0 Å². The Bertz CT molecular complexity index is 1160. The van der Waals surface area contributed by atoms with Crippen LogP contribution in [0.25, 0.3) is 10.2 Å². The van der Waals surface area contributed by atoms with E-state index in [1.165, 1.54) is 12.1 Å². The minimum atomic E-state index is -0.604. The molecule has 9 heteroatoms. The van der Waals surface area contributed by atoms with E-state index in [1.807, 2.05) is 11.4 Å². The lowest BCUT2D eigenvalue weighted by molar-refractivity contribution is -0.143. The number of hydrogen-bond donors (Lipinski definition) is 0. The highest BCUT2D eigenvalue weighted by Gasteiger charge is 2.56. The number of aromatic nitrogens is 2. The maximum Gasteiger partial charge on any atom is 0.245 e. The fourth-order valence-corrected chi connectivity index (χ4v) is 6.24. The molecule has 0 unspecified atom stereocenters. The lowest BCUT2D eigenvalue weighted by Crippen LogP contribution is -2.46. The molecule has 5 heterocycles. The van der Waals surface area contributed by atoms with E-state index in [0.29, 0.717) is 18.5 Å². The van der Waals surface area contributed by atoms with E-state index in [9.17, 15) is 13.6 Å². The van der Waals surface area contributed by atoms with Crippen molar-refractivity contribution in [3.63, 3.8) is 0 Å². The molecule has 3 saturated heterocycles. The van der Waals surface area contributed by atoms with Gasteiger partial charge in [0.15, 0.2) is 0 Å². The van der Waals surface area contributed by atoms with Crippen molar-refractivity contribution in [2.75, 3.05) is 31.1 Å². The molecule has 2 aromatic heterocycles. The van der Waals surface area contributed by atoms with Crippen LogP contribution in [0, 0.1) is 17.0 Å². The minimum absolute atomic E-state index is 0.0864. The highest BCUT2D eigenvalue weighted by molar-refractivity contribution is 7.17. The maximum absolute atomic E-state index is 13.8. The number of piperidine rings is 1. The molecule has 0 radical (unpaired) electrons. The smallest absolute Gasteiger partial charge is 0.245 e. The number of rotatable bonds is 2. The highest BCUT2D eigenvalue weighted by atomic mass is 32.1. The number of hydrogen-bond acceptors (Lipinski definition) is 6. The van der Waals surface area contributed by atoms with Crippen LogP contribution >= 0.6 is 11.3 Å². The Kier molecular flexibility index (Phi) is 4.26. The van der Waals surface area contributed by atoms with Crippen LogP contribution in [0.3, 0.4) is 0 Å². The molecule has 0 aliphatic carbocycles. The van der Waals surface area contributed by atoms with Crippen LogP contribution in [0.2, 0.25) is 0 Å². The zero-order valence-corrected chi connectivity index (χ0v) is 17.6. The molecular formula is C22H21F2N5OS. The molecule has 6 rings (SSSR count). The first-order chi connectivity index (χ1) is 15.0. The molecule has 1 spiro atoms. The fourth-order valence-electron chi connectivity index (χ4n) is 5.38. The lowest BCUT2D eigenvalue weighted by Gasteiger charge is -2.38. The number of carbonyl (C=O) groups excluding carboxylic acids is 1. The number of benzene rings is 1. The monoisotopic (exact) mass is 441 g/mol. The molecule has 3 aliphatic heterocycles. The highest BCUT2D eigenvalue weighted by Crippen LogP contribution is 2.47. The molecule has 0 bridgehead atoms. The zero-order chi connectivity index (χ0) is 21.2. The summed E-state index contributed by atoms with van der Waals surface area (Å²) in [5.74, 6) is -0.182. The van der Waals surface area contributed by atoms with Crippen molar-refractivity contribution in [3.8, 4) is 0 Å². The Hall–Kier alpha value is -2.65. The Labute approximate surface area is 182 Å². The molecule has 3 aromatic rings. The van der Waals surface area contributed by atoms with Gasteiger partial charge in [-0.15, -0.1) is 11.3 Å². The van der Waals surface area contributed by atoms with E-state index in [0.717, 1.165) is 54.6 Å². The van der Waals surface area contributed by atoms with Crippen molar-refractivity contribution in [3.05, 3.63) is 53.2 Å². The molecule has 3 aliphatic rings. The summed E-state index contributed by atoms with van der Waals surface area (Å²) in [7, 11) is 0. The molecule has 1 atom stereocenters. The first kappa shape index (κ1) is 19.1. The number of amides is 1. The van der Waals surface area contributed by atoms with Crippen molar-refractivity contribution in [2.24, 2.45) is 5.41 Å². The van der Waals surface area contributed by atoms with Gasteiger partial charge < -0.3 is 4.90 Å². The number of thiophene rings is 1. The standard InChI is InChI=1S/C22H21F2N5OS/c23-15-9-14(10-16(24)11-15)18-1-5-28-12-22(21(30)29(18)28)3-6-27(7-4-22)20-19-17(2-8-31-19)25-13-26-20/h2,8-11,13,18H,1,3-7,12H2/t18-/m0/s1. The Morgan fingerprint density at radius 1 is 1.06 bits per heavy atom. The zero-order valence-electron chi connectivity index (χ0n) is 16.8. The van der Waals surface area contributed by atoms with Gasteiger partial charge in [0.1, 0.15) is 23.8 Å². The summed E-state index contributed by atoms with van der Waals surface area (Å²) in [4.78, 5) is 24.7. The average molecular weight is 442 g/mol. The van der Waals surface area contributed by atoms with Crippen LogP contribution in [0.1, 0.15) is 30.9 Å². The van der Waals surface area contributed by atoms with Gasteiger partial charge in [0.05, 0.1) is 21.7 Å². The maximum atomic E-state index is 13.8. The van der Waals surface area contributed by atoms with Gasteiger partial charge in [-0.2, -0.15) is 0 Å². The second kappa shape index (κ2) is 6.93. The molecule has 160 valence electrons. The molecule has 1 aromatic carbocycles. The number of halogens is 2. The van der Waals surface area contributed by atoms with Crippen molar-refractivity contribution >= 4 is 33.3 Å². The Morgan fingerprint density at radius 3 is 2.61 bits per heavy atom. The minimum Gasteiger partial charge on any atom is -0.355 e. The second-order valence-electron chi connectivity index (χ2n) is 8.64. The number of anilines is 1. The van der Waals surface area contributed by atoms with Gasteiger partial charge in [-0.1, -0.05) is 0 Å². The van der Waals surface area contributed by atoms with Gasteiger partial charge in [0, 0.05) is 32.2 Å². The quantitative estimate of drug-likeness (QED) is 0.606. The van der Waals surface area contributed by atoms with Crippen molar-refractivity contribution in [1.29, 1.82) is 0 Å². The predicted octanol–water partition coefficient (Wildman–Crippen LogP) is 3.76. The summed E-state index contributed by atoms with van der Waals surface area (Å²) in [5.41, 5.74) is 1.04. The normalized spacial score (nSPS) is 23.3. The van der Waals surface area contributed by atoms with Crippen LogP contribution in [-0.4, -0.2) is 52.1 Å². The Morgan fingerprint density at radius 2 is 1.84 bits per heavy atom. The third-order valence-electron chi connectivity index (χ3n) is 6.92. The molecule has 6 nitrogen and oxygen atoms in total. The number of fused-ring (bicyclic) bond motifs is 2. The van der Waals surface area contributed by atoms with E-state index in [-0.39, 0.29) is 11.9 Å². The van der Waals surface area contributed by atoms with Crippen LogP contribution in [0.5, 0.6) is 0 Å². The summed E-state index contributed by atoms with van der Waals surface area (Å²) in [6.07, 6.45) is 3.76. The van der Waals surface area contributed by atoms with Gasteiger partial charge in [-0.3, -0.25) is 9.80 Å². The molecule has 31 heavy (non-hydrogen) atoms. The van der Waals surface area contributed by atoms with E-state index in [1.54, 1.807) is 22.7 Å². The van der Waals surface area contributed by atoms with Crippen LogP contribution in [-0.2, 0) is 4.79 Å². The summed E-state index contributed by atoms with van der Waals surface area (Å²) in [6.45, 7) is 2.89. The van der Waals surface area contributed by atoms with Gasteiger partial charge in [0.2, 0.25) is 5.91 Å². The van der Waals surface area contributed by atoms with Gasteiger partial charge in [-0.25, -0.2) is 23.8 Å². The summed E-state index contributed by atoms with van der Waals surface area (Å²) in [6, 6.07) is 5.26. The van der Waals surface area contributed by atoms with E-state index < -0.39 is 17.0 Å². The average Bonchev–Trinajstić information content (AvgIpc) is 3.45. The second-order valence-corrected chi connectivity index (χ2v) is 9.56. The lowest BCUT2D eigenvalue weighted by atomic mass is 9.77. The van der Waals surface area contributed by atoms with E-state index >= 15 is 0 Å². The molecule has 3 fully saturated rings. The van der Waals surface area contributed by atoms with Crippen LogP contribution < -0.4 is 4.90 Å². The van der Waals surface area contributed by atoms with E-state index in [4.69, 9.17) is 0 Å². The molecule has 0 N–H and O–H groups in total. The van der Waals surface area contributed by atoms with Gasteiger partial charge in [-0.05, 0) is 48.4 Å². The van der Waals surface area contributed by atoms with Crippen molar-refractivity contribution in [1.82, 2.24) is 20.0 Å². The number of hydrazine groups is 1. The topological polar surface area (TPSA) is 52.6 Å². The van der Waals surface area contributed by atoms with Crippen molar-refractivity contribution < 1.29 is 13.6 Å². The number of carbonyl (C=O) groups is 1. The summed E-state index contributed by atoms with van der Waals surface area (Å²) < 4.78 is 28.7. The molecule has 0 saturated carbocycles. The van der Waals surface area contributed by atoms with Crippen LogP contribution in [0.4, 0.5) is 14.6 Å². The SMILES string of the molecule is O=C1N2[C@H](c3cc(F)cc(F)c3)CCN2CC12CCN(c1ncnc3ccsc13)CC2. The van der Waals surface area contributed by atoms with Crippen molar-refractivity contribution in [2.45, 2.75) is 25.3 Å². The summed E-state index contributed by atoms with van der Waals surface area (Å²) >= 11 is 1.63. The van der Waals surface area contributed by atoms with Gasteiger partial charge in [0.25, 0.3) is 0 Å². The number of nitrogens with zero attached hydrogens (tertiary/aromatic N) is 5.